The summed E-state index contributed by atoms with van der Waals surface area (Å²) in [5.41, 5.74) is 2.12. The third-order valence-corrected chi connectivity index (χ3v) is 3.67. The standard InChI is InChI=1S/C15H19N3O2/c1-11-4-5-12(8-16)7-14(11)17-15(20)18-6-2-3-13(9-18)10-19/h4-5,7,13,19H,2-3,6,9-10H2,1H3,(H,17,20). The van der Waals surface area contributed by atoms with E-state index in [1.54, 1.807) is 17.0 Å². The number of rotatable bonds is 2. The lowest BCUT2D eigenvalue weighted by Crippen LogP contribution is -2.43. The van der Waals surface area contributed by atoms with E-state index in [1.807, 2.05) is 13.0 Å². The zero-order valence-corrected chi connectivity index (χ0v) is 11.6. The molecule has 106 valence electrons. The first-order valence-electron chi connectivity index (χ1n) is 6.81. The fourth-order valence-electron chi connectivity index (χ4n) is 2.42. The number of hydrogen-bond donors (Lipinski definition) is 2. The van der Waals surface area contributed by atoms with Crippen LogP contribution in [0.1, 0.15) is 24.0 Å². The molecule has 0 aliphatic carbocycles. The Morgan fingerprint density at radius 2 is 2.40 bits per heavy atom. The van der Waals surface area contributed by atoms with Crippen molar-refractivity contribution in [2.45, 2.75) is 19.8 Å². The van der Waals surface area contributed by atoms with Gasteiger partial charge in [0.15, 0.2) is 0 Å². The molecule has 0 bridgehead atoms. The summed E-state index contributed by atoms with van der Waals surface area (Å²) in [6, 6.07) is 7.13. The van der Waals surface area contributed by atoms with Gasteiger partial charge in [0.2, 0.25) is 0 Å². The number of aryl methyl sites for hydroxylation is 1. The Morgan fingerprint density at radius 3 is 3.10 bits per heavy atom. The molecule has 0 aromatic heterocycles. The molecule has 1 unspecified atom stereocenters. The molecule has 0 spiro atoms. The van der Waals surface area contributed by atoms with Gasteiger partial charge in [0.25, 0.3) is 0 Å². The minimum Gasteiger partial charge on any atom is -0.396 e. The number of nitriles is 1. The molecular weight excluding hydrogens is 254 g/mol. The smallest absolute Gasteiger partial charge is 0.321 e. The van der Waals surface area contributed by atoms with E-state index >= 15 is 0 Å². The molecule has 1 aromatic rings. The molecule has 5 heteroatoms. The van der Waals surface area contributed by atoms with E-state index in [0.29, 0.717) is 24.3 Å². The first-order valence-corrected chi connectivity index (χ1v) is 6.81. The van der Waals surface area contributed by atoms with Crippen LogP contribution in [0.4, 0.5) is 10.5 Å². The zero-order valence-electron chi connectivity index (χ0n) is 11.6. The van der Waals surface area contributed by atoms with Gasteiger partial charge in [-0.1, -0.05) is 6.07 Å². The highest BCUT2D eigenvalue weighted by atomic mass is 16.3. The summed E-state index contributed by atoms with van der Waals surface area (Å²) >= 11 is 0. The number of hydrogen-bond acceptors (Lipinski definition) is 3. The second-order valence-corrected chi connectivity index (χ2v) is 5.21. The molecule has 1 atom stereocenters. The number of anilines is 1. The Labute approximate surface area is 118 Å². The Kier molecular flexibility index (Phi) is 4.59. The minimum atomic E-state index is -0.165. The number of benzene rings is 1. The summed E-state index contributed by atoms with van der Waals surface area (Å²) < 4.78 is 0. The van der Waals surface area contributed by atoms with Gasteiger partial charge < -0.3 is 15.3 Å². The number of urea groups is 1. The van der Waals surface area contributed by atoms with Gasteiger partial charge in [0.1, 0.15) is 0 Å². The number of piperidine rings is 1. The van der Waals surface area contributed by atoms with Crippen LogP contribution < -0.4 is 5.32 Å². The molecule has 2 amide bonds. The van der Waals surface area contributed by atoms with Crippen molar-refractivity contribution in [3.8, 4) is 6.07 Å². The zero-order chi connectivity index (χ0) is 14.5. The highest BCUT2D eigenvalue weighted by Crippen LogP contribution is 2.20. The molecular formula is C15H19N3O2. The quantitative estimate of drug-likeness (QED) is 0.866. The van der Waals surface area contributed by atoms with Gasteiger partial charge >= 0.3 is 6.03 Å². The second-order valence-electron chi connectivity index (χ2n) is 5.21. The van der Waals surface area contributed by atoms with Crippen molar-refractivity contribution in [1.29, 1.82) is 5.26 Å². The maximum atomic E-state index is 12.2. The Hall–Kier alpha value is -2.06. The van der Waals surface area contributed by atoms with Crippen LogP contribution in [-0.2, 0) is 0 Å². The summed E-state index contributed by atoms with van der Waals surface area (Å²) in [7, 11) is 0. The average Bonchev–Trinajstić information content (AvgIpc) is 2.49. The van der Waals surface area contributed by atoms with Gasteiger partial charge in [-0.2, -0.15) is 5.26 Å². The van der Waals surface area contributed by atoms with Crippen molar-refractivity contribution >= 4 is 11.7 Å². The van der Waals surface area contributed by atoms with E-state index < -0.39 is 0 Å². The largest absolute Gasteiger partial charge is 0.396 e. The van der Waals surface area contributed by atoms with Gasteiger partial charge in [-0.15, -0.1) is 0 Å². The van der Waals surface area contributed by atoms with Crippen LogP contribution in [-0.4, -0.2) is 35.7 Å². The molecule has 1 saturated heterocycles. The van der Waals surface area contributed by atoms with Crippen molar-refractivity contribution in [1.82, 2.24) is 4.90 Å². The molecule has 1 aromatic carbocycles. The number of carbonyl (C=O) groups is 1. The third kappa shape index (κ3) is 3.28. The molecule has 2 N–H and O–H groups in total. The van der Waals surface area contributed by atoms with Crippen LogP contribution in [0.5, 0.6) is 0 Å². The van der Waals surface area contributed by atoms with Crippen LogP contribution in [0.25, 0.3) is 0 Å². The molecule has 5 nitrogen and oxygen atoms in total. The number of aliphatic hydroxyl groups excluding tert-OH is 1. The molecule has 0 saturated carbocycles. The lowest BCUT2D eigenvalue weighted by molar-refractivity contribution is 0.136. The molecule has 0 radical (unpaired) electrons. The van der Waals surface area contributed by atoms with Gasteiger partial charge in [0.05, 0.1) is 11.6 Å². The van der Waals surface area contributed by atoms with E-state index in [-0.39, 0.29) is 18.6 Å². The van der Waals surface area contributed by atoms with E-state index in [1.165, 1.54) is 0 Å². The van der Waals surface area contributed by atoms with E-state index in [9.17, 15) is 9.90 Å². The monoisotopic (exact) mass is 273 g/mol. The summed E-state index contributed by atoms with van der Waals surface area (Å²) in [4.78, 5) is 14.0. The maximum absolute atomic E-state index is 12.2. The second kappa shape index (κ2) is 6.40. The number of nitrogens with zero attached hydrogens (tertiary/aromatic N) is 2. The Bertz CT molecular complexity index is 536. The molecule has 1 fully saturated rings. The van der Waals surface area contributed by atoms with E-state index in [2.05, 4.69) is 11.4 Å². The highest BCUT2D eigenvalue weighted by Gasteiger charge is 2.23. The first-order chi connectivity index (χ1) is 9.63. The van der Waals surface area contributed by atoms with Crippen molar-refractivity contribution in [2.75, 3.05) is 25.0 Å². The van der Waals surface area contributed by atoms with Crippen molar-refractivity contribution < 1.29 is 9.90 Å². The summed E-state index contributed by atoms with van der Waals surface area (Å²) in [5.74, 6) is 0.168. The molecule has 1 aliphatic rings. The number of aliphatic hydroxyl groups is 1. The normalized spacial score (nSPS) is 18.4. The first kappa shape index (κ1) is 14.4. The van der Waals surface area contributed by atoms with Gasteiger partial charge in [-0.25, -0.2) is 4.79 Å². The topological polar surface area (TPSA) is 76.4 Å². The SMILES string of the molecule is Cc1ccc(C#N)cc1NC(=O)N1CCCC(CO)C1. The fourth-order valence-corrected chi connectivity index (χ4v) is 2.42. The summed E-state index contributed by atoms with van der Waals surface area (Å²) in [6.45, 7) is 3.30. The van der Waals surface area contributed by atoms with Crippen molar-refractivity contribution in [2.24, 2.45) is 5.92 Å². The van der Waals surface area contributed by atoms with Crippen LogP contribution in [0.15, 0.2) is 18.2 Å². The highest BCUT2D eigenvalue weighted by molar-refractivity contribution is 5.90. The lowest BCUT2D eigenvalue weighted by Gasteiger charge is -2.32. The maximum Gasteiger partial charge on any atom is 0.321 e. The number of amides is 2. The fraction of sp³-hybridized carbons (Fsp3) is 0.467. The Balaban J connectivity index is 2.06. The minimum absolute atomic E-state index is 0.118. The predicted molar refractivity (Wildman–Crippen MR) is 76.3 cm³/mol. The van der Waals surface area contributed by atoms with E-state index in [0.717, 1.165) is 18.4 Å². The van der Waals surface area contributed by atoms with Gasteiger partial charge in [-0.3, -0.25) is 0 Å². The number of likely N-dealkylation sites (tertiary alicyclic amines) is 1. The van der Waals surface area contributed by atoms with Crippen molar-refractivity contribution in [3.05, 3.63) is 29.3 Å². The van der Waals surface area contributed by atoms with E-state index in [4.69, 9.17) is 5.26 Å². The molecule has 2 rings (SSSR count). The number of nitrogens with one attached hydrogen (secondary N) is 1. The van der Waals surface area contributed by atoms with Crippen LogP contribution in [0.2, 0.25) is 0 Å². The molecule has 20 heavy (non-hydrogen) atoms. The summed E-state index contributed by atoms with van der Waals surface area (Å²) in [5, 5.41) is 21.0. The average molecular weight is 273 g/mol. The van der Waals surface area contributed by atoms with Gasteiger partial charge in [0, 0.05) is 25.4 Å². The Morgan fingerprint density at radius 1 is 1.60 bits per heavy atom. The van der Waals surface area contributed by atoms with Crippen LogP contribution in [0, 0.1) is 24.2 Å². The number of carbonyl (C=O) groups excluding carboxylic acids is 1. The predicted octanol–water partition coefficient (Wildman–Crippen LogP) is 2.10. The molecule has 1 aliphatic heterocycles. The van der Waals surface area contributed by atoms with Crippen LogP contribution >= 0.6 is 0 Å². The van der Waals surface area contributed by atoms with Gasteiger partial charge in [-0.05, 0) is 43.4 Å². The van der Waals surface area contributed by atoms with Crippen LogP contribution in [0.3, 0.4) is 0 Å². The van der Waals surface area contributed by atoms with Crippen molar-refractivity contribution in [3.63, 3.8) is 0 Å². The third-order valence-electron chi connectivity index (χ3n) is 3.67. The molecule has 1 heterocycles. The summed E-state index contributed by atoms with van der Waals surface area (Å²) in [6.07, 6.45) is 1.87. The lowest BCUT2D eigenvalue weighted by atomic mass is 9.99.